The number of hydrogen-bond donors (Lipinski definition) is 2. The molecule has 0 unspecified atom stereocenters. The molecular formula is C21H23N3O5S. The molecule has 2 atom stereocenters. The molecule has 0 saturated carbocycles. The van der Waals surface area contributed by atoms with E-state index < -0.39 is 28.1 Å². The van der Waals surface area contributed by atoms with E-state index in [1.54, 1.807) is 42.5 Å². The van der Waals surface area contributed by atoms with Gasteiger partial charge < -0.3 is 15.2 Å². The molecule has 158 valence electrons. The molecule has 2 aromatic rings. The molecule has 0 aromatic heterocycles. The standard InChI is InChI=1S/C21H23N3O5S/c1-2-11-28-21(25)19-13-17(29-16-8-6-7-15(12-16)20(22)23)14-24(19)30(26,27)18-9-4-3-5-10-18/h2-10,12,17,19H,1,11,13-14H2,(H3,22,23)/t17-,19+/m1/s1. The molecule has 8 nitrogen and oxygen atoms in total. The Kier molecular flexibility index (Phi) is 6.53. The van der Waals surface area contributed by atoms with Crippen LogP contribution in [-0.4, -0.2) is 49.8 Å². The quantitative estimate of drug-likeness (QED) is 0.286. The summed E-state index contributed by atoms with van der Waals surface area (Å²) in [6, 6.07) is 13.5. The molecule has 30 heavy (non-hydrogen) atoms. The topological polar surface area (TPSA) is 123 Å². The smallest absolute Gasteiger partial charge is 0.324 e. The van der Waals surface area contributed by atoms with Crippen LogP contribution in [0.5, 0.6) is 5.75 Å². The molecule has 1 saturated heterocycles. The molecule has 9 heteroatoms. The highest BCUT2D eigenvalue weighted by Crippen LogP contribution is 2.30. The first kappa shape index (κ1) is 21.5. The Labute approximate surface area is 175 Å². The number of nitrogen functional groups attached to an aromatic ring is 1. The second-order valence-corrected chi connectivity index (χ2v) is 8.63. The Bertz CT molecular complexity index is 1040. The first-order valence-electron chi connectivity index (χ1n) is 9.28. The molecule has 2 aromatic carbocycles. The average molecular weight is 429 g/mol. The third-order valence-corrected chi connectivity index (χ3v) is 6.52. The molecule has 1 fully saturated rings. The van der Waals surface area contributed by atoms with E-state index in [0.717, 1.165) is 4.31 Å². The SMILES string of the molecule is C=CCOC(=O)[C@@H]1C[C@@H](Oc2cccc(C(=N)N)c2)CN1S(=O)(=O)c1ccccc1. The van der Waals surface area contributed by atoms with Crippen LogP contribution < -0.4 is 10.5 Å². The number of nitrogens with one attached hydrogen (secondary N) is 1. The van der Waals surface area contributed by atoms with Gasteiger partial charge in [0.15, 0.2) is 0 Å². The van der Waals surface area contributed by atoms with Gasteiger partial charge in [-0.2, -0.15) is 4.31 Å². The summed E-state index contributed by atoms with van der Waals surface area (Å²) in [6.45, 7) is 3.47. The summed E-state index contributed by atoms with van der Waals surface area (Å²) in [5, 5.41) is 7.54. The van der Waals surface area contributed by atoms with Crippen molar-refractivity contribution in [2.45, 2.75) is 23.5 Å². The zero-order valence-corrected chi connectivity index (χ0v) is 17.0. The summed E-state index contributed by atoms with van der Waals surface area (Å²) >= 11 is 0. The van der Waals surface area contributed by atoms with Gasteiger partial charge in [0.1, 0.15) is 30.3 Å². The number of carbonyl (C=O) groups is 1. The van der Waals surface area contributed by atoms with Gasteiger partial charge in [0, 0.05) is 12.0 Å². The lowest BCUT2D eigenvalue weighted by atomic mass is 10.2. The van der Waals surface area contributed by atoms with E-state index in [2.05, 4.69) is 6.58 Å². The molecule has 0 aliphatic carbocycles. The predicted molar refractivity (Wildman–Crippen MR) is 112 cm³/mol. The van der Waals surface area contributed by atoms with Crippen LogP contribution in [0.2, 0.25) is 0 Å². The number of esters is 1. The third kappa shape index (κ3) is 4.69. The largest absolute Gasteiger partial charge is 0.489 e. The Hall–Kier alpha value is -3.17. The van der Waals surface area contributed by atoms with Crippen molar-refractivity contribution in [3.05, 3.63) is 72.8 Å². The number of hydrogen-bond acceptors (Lipinski definition) is 6. The molecule has 0 bridgehead atoms. The molecule has 0 amide bonds. The number of carbonyl (C=O) groups excluding carboxylic acids is 1. The second kappa shape index (κ2) is 9.10. The first-order valence-corrected chi connectivity index (χ1v) is 10.7. The maximum atomic E-state index is 13.2. The zero-order chi connectivity index (χ0) is 21.7. The van der Waals surface area contributed by atoms with Gasteiger partial charge in [0.05, 0.1) is 11.4 Å². The van der Waals surface area contributed by atoms with Crippen LogP contribution in [0, 0.1) is 5.41 Å². The minimum Gasteiger partial charge on any atom is -0.489 e. The van der Waals surface area contributed by atoms with Gasteiger partial charge >= 0.3 is 5.97 Å². The summed E-state index contributed by atoms with van der Waals surface area (Å²) in [6.07, 6.45) is 0.975. The van der Waals surface area contributed by atoms with E-state index in [9.17, 15) is 13.2 Å². The average Bonchev–Trinajstić information content (AvgIpc) is 3.17. The summed E-state index contributed by atoms with van der Waals surface area (Å²) in [7, 11) is -3.93. The van der Waals surface area contributed by atoms with E-state index in [4.69, 9.17) is 20.6 Å². The van der Waals surface area contributed by atoms with E-state index in [1.165, 1.54) is 18.2 Å². The van der Waals surface area contributed by atoms with Gasteiger partial charge in [-0.3, -0.25) is 10.2 Å². The highest BCUT2D eigenvalue weighted by Gasteiger charge is 2.45. The number of benzene rings is 2. The maximum absolute atomic E-state index is 13.2. The molecular weight excluding hydrogens is 406 g/mol. The lowest BCUT2D eigenvalue weighted by molar-refractivity contribution is -0.146. The fourth-order valence-electron chi connectivity index (χ4n) is 3.23. The lowest BCUT2D eigenvalue weighted by Crippen LogP contribution is -2.41. The summed E-state index contributed by atoms with van der Waals surface area (Å²) < 4.78 is 38.5. The normalized spacial score (nSPS) is 19.2. The number of nitrogens with zero attached hydrogens (tertiary/aromatic N) is 1. The number of ether oxygens (including phenoxy) is 2. The van der Waals surface area contributed by atoms with Gasteiger partial charge in [-0.25, -0.2) is 8.42 Å². The van der Waals surface area contributed by atoms with Crippen molar-refractivity contribution in [1.82, 2.24) is 4.31 Å². The summed E-state index contributed by atoms with van der Waals surface area (Å²) in [5.74, 6) is -0.325. The molecule has 1 aliphatic rings. The highest BCUT2D eigenvalue weighted by molar-refractivity contribution is 7.89. The van der Waals surface area contributed by atoms with Crippen LogP contribution in [0.1, 0.15) is 12.0 Å². The summed E-state index contributed by atoms with van der Waals surface area (Å²) in [4.78, 5) is 12.6. The molecule has 1 aliphatic heterocycles. The Morgan fingerprint density at radius 2 is 1.97 bits per heavy atom. The van der Waals surface area contributed by atoms with Gasteiger partial charge in [-0.1, -0.05) is 43.0 Å². The number of nitrogens with two attached hydrogens (primary N) is 1. The van der Waals surface area contributed by atoms with Crippen molar-refractivity contribution in [1.29, 1.82) is 5.41 Å². The molecule has 0 spiro atoms. The Morgan fingerprint density at radius 1 is 1.23 bits per heavy atom. The van der Waals surface area contributed by atoms with Crippen molar-refractivity contribution in [3.8, 4) is 5.75 Å². The Morgan fingerprint density at radius 3 is 2.63 bits per heavy atom. The number of sulfonamides is 1. The van der Waals surface area contributed by atoms with Gasteiger partial charge in [0.25, 0.3) is 0 Å². The van der Waals surface area contributed by atoms with Crippen LogP contribution in [0.25, 0.3) is 0 Å². The number of rotatable bonds is 8. The minimum absolute atomic E-state index is 0.0132. The Balaban J connectivity index is 1.86. The van der Waals surface area contributed by atoms with Crippen LogP contribution in [0.15, 0.2) is 72.1 Å². The van der Waals surface area contributed by atoms with E-state index in [0.29, 0.717) is 11.3 Å². The van der Waals surface area contributed by atoms with Crippen molar-refractivity contribution in [2.75, 3.05) is 13.2 Å². The van der Waals surface area contributed by atoms with Crippen molar-refractivity contribution < 1.29 is 22.7 Å². The van der Waals surface area contributed by atoms with Crippen LogP contribution in [-0.2, 0) is 19.6 Å². The van der Waals surface area contributed by atoms with Gasteiger partial charge in [-0.05, 0) is 24.3 Å². The van der Waals surface area contributed by atoms with Gasteiger partial charge in [-0.15, -0.1) is 0 Å². The molecule has 3 rings (SSSR count). The third-order valence-electron chi connectivity index (χ3n) is 4.63. The molecule has 3 N–H and O–H groups in total. The fourth-order valence-corrected chi connectivity index (χ4v) is 4.87. The van der Waals surface area contributed by atoms with Crippen molar-refractivity contribution in [2.24, 2.45) is 5.73 Å². The lowest BCUT2D eigenvalue weighted by Gasteiger charge is -2.22. The van der Waals surface area contributed by atoms with Crippen LogP contribution in [0.3, 0.4) is 0 Å². The van der Waals surface area contributed by atoms with Crippen molar-refractivity contribution >= 4 is 21.8 Å². The van der Waals surface area contributed by atoms with Gasteiger partial charge in [0.2, 0.25) is 10.0 Å². The van der Waals surface area contributed by atoms with E-state index in [-0.39, 0.29) is 30.3 Å². The zero-order valence-electron chi connectivity index (χ0n) is 16.2. The van der Waals surface area contributed by atoms with Crippen molar-refractivity contribution in [3.63, 3.8) is 0 Å². The summed E-state index contributed by atoms with van der Waals surface area (Å²) in [5.41, 5.74) is 6.00. The first-order chi connectivity index (χ1) is 14.3. The van der Waals surface area contributed by atoms with Crippen LogP contribution in [0.4, 0.5) is 0 Å². The van der Waals surface area contributed by atoms with Crippen LogP contribution >= 0.6 is 0 Å². The monoisotopic (exact) mass is 429 g/mol. The minimum atomic E-state index is -3.93. The second-order valence-electron chi connectivity index (χ2n) is 6.74. The molecule has 1 heterocycles. The highest BCUT2D eigenvalue weighted by atomic mass is 32.2. The maximum Gasteiger partial charge on any atom is 0.324 e. The van der Waals surface area contributed by atoms with E-state index >= 15 is 0 Å². The number of amidine groups is 1. The predicted octanol–water partition coefficient (Wildman–Crippen LogP) is 1.91. The van der Waals surface area contributed by atoms with E-state index in [1.807, 2.05) is 0 Å². The molecule has 0 radical (unpaired) electrons. The fraction of sp³-hybridized carbons (Fsp3) is 0.238.